The van der Waals surface area contributed by atoms with Crippen LogP contribution in [0.5, 0.6) is 0 Å². The van der Waals surface area contributed by atoms with Gasteiger partial charge in [-0.05, 0) is 41.2 Å². The second-order valence-electron chi connectivity index (χ2n) is 5.51. The fourth-order valence-corrected chi connectivity index (χ4v) is 2.80. The van der Waals surface area contributed by atoms with E-state index in [9.17, 15) is 17.3 Å². The number of fused-ring (bicyclic) bond motifs is 1. The van der Waals surface area contributed by atoms with E-state index in [0.717, 1.165) is 26.9 Å². The van der Waals surface area contributed by atoms with Crippen LogP contribution in [0.2, 0.25) is 0 Å². The van der Waals surface area contributed by atoms with Crippen molar-refractivity contribution in [1.82, 2.24) is 9.90 Å². The molecule has 2 aromatic heterocycles. The standard InChI is InChI=1S/C18H13BrN3.BF4/c19-15-9-11-16(12-10-15)22-20-18(14-6-2-1-3-7-14)17-8-4-5-13-21(17)22;2-1(3,4)5/h1-13H;/q+1;-1. The molecular weight excluding hydrogens is 425 g/mol. The highest BCUT2D eigenvalue weighted by molar-refractivity contribution is 9.10. The summed E-state index contributed by atoms with van der Waals surface area (Å²) in [6, 6.07) is 24.5. The summed E-state index contributed by atoms with van der Waals surface area (Å²) in [6.45, 7) is 0. The number of rotatable bonds is 2. The Bertz CT molecular complexity index is 1030. The minimum absolute atomic E-state index is 0.976. The second kappa shape index (κ2) is 7.91. The summed E-state index contributed by atoms with van der Waals surface area (Å²) in [7, 11) is -6.00. The van der Waals surface area contributed by atoms with E-state index in [0.29, 0.717) is 0 Å². The lowest BCUT2D eigenvalue weighted by atomic mass is 10.1. The van der Waals surface area contributed by atoms with Crippen LogP contribution in [0.1, 0.15) is 0 Å². The summed E-state index contributed by atoms with van der Waals surface area (Å²) >= 11 is 3.47. The van der Waals surface area contributed by atoms with E-state index >= 15 is 0 Å². The van der Waals surface area contributed by atoms with Crippen molar-refractivity contribution in [3.05, 3.63) is 83.5 Å². The molecule has 138 valence electrons. The molecule has 4 aromatic rings. The summed E-state index contributed by atoms with van der Waals surface area (Å²) in [6.07, 6.45) is 2.02. The van der Waals surface area contributed by atoms with Gasteiger partial charge in [0.1, 0.15) is 11.9 Å². The Morgan fingerprint density at radius 3 is 2.04 bits per heavy atom. The monoisotopic (exact) mass is 437 g/mol. The third-order valence-corrected chi connectivity index (χ3v) is 4.11. The van der Waals surface area contributed by atoms with Gasteiger partial charge in [0.2, 0.25) is 5.52 Å². The molecule has 0 aliphatic rings. The highest BCUT2D eigenvalue weighted by Gasteiger charge is 2.22. The second-order valence-corrected chi connectivity index (χ2v) is 6.42. The molecule has 0 aliphatic heterocycles. The first-order valence-electron chi connectivity index (χ1n) is 7.91. The van der Waals surface area contributed by atoms with Crippen LogP contribution in [-0.4, -0.2) is 17.1 Å². The quantitative estimate of drug-likeness (QED) is 0.235. The predicted octanol–water partition coefficient (Wildman–Crippen LogP) is 5.34. The maximum Gasteiger partial charge on any atom is 0.673 e. The lowest BCUT2D eigenvalue weighted by molar-refractivity contribution is -0.603. The molecule has 0 spiro atoms. The van der Waals surface area contributed by atoms with Crippen LogP contribution >= 0.6 is 15.9 Å². The molecule has 27 heavy (non-hydrogen) atoms. The first kappa shape index (κ1) is 19.1. The number of hydrogen-bond donors (Lipinski definition) is 0. The molecule has 0 saturated heterocycles. The maximum absolute atomic E-state index is 9.75. The summed E-state index contributed by atoms with van der Waals surface area (Å²) < 4.78 is 42.1. The molecule has 2 heterocycles. The van der Waals surface area contributed by atoms with Crippen molar-refractivity contribution in [2.45, 2.75) is 0 Å². The van der Waals surface area contributed by atoms with Gasteiger partial charge in [-0.15, -0.1) is 4.52 Å². The van der Waals surface area contributed by atoms with Crippen molar-refractivity contribution >= 4 is 28.7 Å². The summed E-state index contributed by atoms with van der Waals surface area (Å²) in [5.74, 6) is 0. The van der Waals surface area contributed by atoms with Crippen LogP contribution in [0.15, 0.2) is 83.5 Å². The Morgan fingerprint density at radius 1 is 0.815 bits per heavy atom. The van der Waals surface area contributed by atoms with Crippen molar-refractivity contribution < 1.29 is 21.8 Å². The zero-order valence-electron chi connectivity index (χ0n) is 13.8. The lowest BCUT2D eigenvalue weighted by Crippen LogP contribution is -2.31. The summed E-state index contributed by atoms with van der Waals surface area (Å²) in [4.78, 5) is 1.92. The van der Waals surface area contributed by atoms with Gasteiger partial charge in [-0.25, -0.2) is 0 Å². The van der Waals surface area contributed by atoms with Crippen molar-refractivity contribution in [2.24, 2.45) is 0 Å². The van der Waals surface area contributed by atoms with Gasteiger partial charge in [0.25, 0.3) is 5.69 Å². The Hall–Kier alpha value is -2.68. The predicted molar refractivity (Wildman–Crippen MR) is 100 cm³/mol. The largest absolute Gasteiger partial charge is 0.673 e. The van der Waals surface area contributed by atoms with Crippen molar-refractivity contribution in [1.29, 1.82) is 0 Å². The molecule has 0 bridgehead atoms. The van der Waals surface area contributed by atoms with Gasteiger partial charge >= 0.3 is 7.25 Å². The van der Waals surface area contributed by atoms with Gasteiger partial charge in [-0.1, -0.05) is 52.3 Å². The van der Waals surface area contributed by atoms with E-state index in [2.05, 4.69) is 38.6 Å². The smallest absolute Gasteiger partial charge is 0.418 e. The number of aromatic nitrogens is 3. The molecule has 3 nitrogen and oxygen atoms in total. The molecule has 9 heteroatoms. The first-order chi connectivity index (χ1) is 12.8. The molecule has 0 aliphatic carbocycles. The average molecular weight is 438 g/mol. The molecule has 0 atom stereocenters. The topological polar surface area (TPSA) is 21.9 Å². The minimum Gasteiger partial charge on any atom is -0.418 e. The molecule has 0 N–H and O–H groups in total. The van der Waals surface area contributed by atoms with Gasteiger partial charge in [-0.3, -0.25) is 0 Å². The third-order valence-electron chi connectivity index (χ3n) is 3.59. The Balaban J connectivity index is 0.000000376. The van der Waals surface area contributed by atoms with Crippen LogP contribution < -0.4 is 4.52 Å². The van der Waals surface area contributed by atoms with E-state index in [1.165, 1.54) is 0 Å². The van der Waals surface area contributed by atoms with E-state index in [-0.39, 0.29) is 0 Å². The summed E-state index contributed by atoms with van der Waals surface area (Å²) in [5.41, 5.74) is 4.19. The van der Waals surface area contributed by atoms with Crippen LogP contribution in [-0.2, 0) is 0 Å². The number of benzene rings is 2. The maximum atomic E-state index is 9.75. The van der Waals surface area contributed by atoms with Gasteiger partial charge in [0.05, 0.1) is 5.10 Å². The molecule has 0 fully saturated rings. The fourth-order valence-electron chi connectivity index (χ4n) is 2.54. The Morgan fingerprint density at radius 2 is 1.41 bits per heavy atom. The molecular formula is C18H13BBrF4N3. The van der Waals surface area contributed by atoms with Crippen molar-refractivity contribution in [3.8, 4) is 16.9 Å². The Labute approximate surface area is 161 Å². The number of hydrogen-bond acceptors (Lipinski definition) is 1. The van der Waals surface area contributed by atoms with Crippen LogP contribution in [0.3, 0.4) is 0 Å². The van der Waals surface area contributed by atoms with E-state index < -0.39 is 7.25 Å². The van der Waals surface area contributed by atoms with E-state index in [1.54, 1.807) is 0 Å². The zero-order valence-corrected chi connectivity index (χ0v) is 15.4. The lowest BCUT2D eigenvalue weighted by Gasteiger charge is -1.96. The molecule has 0 amide bonds. The molecule has 4 rings (SSSR count). The number of halogens is 5. The van der Waals surface area contributed by atoms with Crippen molar-refractivity contribution in [3.63, 3.8) is 0 Å². The third kappa shape index (κ3) is 4.94. The van der Waals surface area contributed by atoms with Crippen molar-refractivity contribution in [2.75, 3.05) is 0 Å². The van der Waals surface area contributed by atoms with Gasteiger partial charge in [0, 0.05) is 10.0 Å². The number of nitrogens with zero attached hydrogens (tertiary/aromatic N) is 3. The highest BCUT2D eigenvalue weighted by atomic mass is 79.9. The van der Waals surface area contributed by atoms with Gasteiger partial charge in [0.15, 0.2) is 0 Å². The molecule has 2 aromatic carbocycles. The number of pyridine rings is 1. The van der Waals surface area contributed by atoms with Crippen LogP contribution in [0.4, 0.5) is 17.3 Å². The zero-order chi connectivity index (χ0) is 19.4. The van der Waals surface area contributed by atoms with Crippen LogP contribution in [0.25, 0.3) is 22.5 Å². The van der Waals surface area contributed by atoms with Gasteiger partial charge in [-0.2, -0.15) is 0 Å². The normalized spacial score (nSPS) is 11.1. The van der Waals surface area contributed by atoms with E-state index in [4.69, 9.17) is 5.10 Å². The molecule has 0 saturated carbocycles. The fraction of sp³-hybridized carbons (Fsp3) is 0. The van der Waals surface area contributed by atoms with Crippen LogP contribution in [0, 0.1) is 0 Å². The van der Waals surface area contributed by atoms with E-state index in [1.807, 2.05) is 65.6 Å². The minimum atomic E-state index is -6.00. The summed E-state index contributed by atoms with van der Waals surface area (Å²) in [5, 5.41) is 4.82. The Kier molecular flexibility index (Phi) is 5.60. The average Bonchev–Trinajstić information content (AvgIpc) is 3.02. The molecule has 0 unspecified atom stereocenters. The molecule has 0 radical (unpaired) electrons. The highest BCUT2D eigenvalue weighted by Crippen LogP contribution is 2.21. The van der Waals surface area contributed by atoms with Gasteiger partial charge < -0.3 is 17.3 Å². The first-order valence-corrected chi connectivity index (χ1v) is 8.70. The SMILES string of the molecule is Brc1ccc(-n2nc(-c3ccccc3)c3cccc[n+]32)cc1.F[B-](F)(F)F.